The minimum absolute atomic E-state index is 0.0708. The van der Waals surface area contributed by atoms with Crippen LogP contribution < -0.4 is 0 Å². The molecule has 25 heavy (non-hydrogen) atoms. The SMILES string of the molecule is Cc1nnc(S[C@@H](C(=O)c2c[nH]c3ccccc23)c2ccccc2)s1. The Bertz CT molecular complexity index is 1020. The second-order valence-electron chi connectivity index (χ2n) is 5.61. The third-order valence-electron chi connectivity index (χ3n) is 3.92. The molecular weight excluding hydrogens is 350 g/mol. The molecule has 0 saturated carbocycles. The zero-order valence-electron chi connectivity index (χ0n) is 13.5. The zero-order valence-corrected chi connectivity index (χ0v) is 15.1. The normalized spacial score (nSPS) is 12.4. The fourth-order valence-corrected chi connectivity index (χ4v) is 4.82. The van der Waals surface area contributed by atoms with Crippen LogP contribution in [-0.2, 0) is 0 Å². The Morgan fingerprint density at radius 3 is 2.60 bits per heavy atom. The molecule has 2 aromatic heterocycles. The minimum atomic E-state index is -0.354. The molecule has 0 aliphatic rings. The first kappa shape index (κ1) is 16.1. The van der Waals surface area contributed by atoms with Crippen LogP contribution in [0.5, 0.6) is 0 Å². The molecule has 2 heterocycles. The van der Waals surface area contributed by atoms with Crippen LogP contribution in [0.2, 0.25) is 0 Å². The van der Waals surface area contributed by atoms with Gasteiger partial charge >= 0.3 is 0 Å². The van der Waals surface area contributed by atoms with Gasteiger partial charge in [-0.25, -0.2) is 0 Å². The van der Waals surface area contributed by atoms with Crippen LogP contribution in [-0.4, -0.2) is 21.0 Å². The summed E-state index contributed by atoms with van der Waals surface area (Å²) in [7, 11) is 0. The smallest absolute Gasteiger partial charge is 0.182 e. The average molecular weight is 365 g/mol. The maximum Gasteiger partial charge on any atom is 0.182 e. The summed E-state index contributed by atoms with van der Waals surface area (Å²) in [5.41, 5.74) is 2.64. The number of ketones is 1. The second-order valence-corrected chi connectivity index (χ2v) is 8.14. The van der Waals surface area contributed by atoms with Crippen molar-refractivity contribution in [1.82, 2.24) is 15.2 Å². The number of benzene rings is 2. The Labute approximate surface area is 153 Å². The predicted molar refractivity (Wildman–Crippen MR) is 102 cm³/mol. The number of carbonyl (C=O) groups excluding carboxylic acids is 1. The van der Waals surface area contributed by atoms with Gasteiger partial charge in [-0.15, -0.1) is 10.2 Å². The van der Waals surface area contributed by atoms with Gasteiger partial charge in [0.05, 0.1) is 0 Å². The number of carbonyl (C=O) groups is 1. The fraction of sp³-hybridized carbons (Fsp3) is 0.105. The molecule has 0 bridgehead atoms. The van der Waals surface area contributed by atoms with E-state index >= 15 is 0 Å². The number of thioether (sulfide) groups is 1. The number of fused-ring (bicyclic) bond motifs is 1. The van der Waals surface area contributed by atoms with Gasteiger partial charge in [-0.3, -0.25) is 4.79 Å². The molecule has 0 unspecified atom stereocenters. The molecule has 4 nitrogen and oxygen atoms in total. The molecule has 4 rings (SSSR count). The summed E-state index contributed by atoms with van der Waals surface area (Å²) < 4.78 is 0.805. The van der Waals surface area contributed by atoms with Crippen molar-refractivity contribution in [3.05, 3.63) is 76.9 Å². The molecule has 0 amide bonds. The van der Waals surface area contributed by atoms with Gasteiger partial charge in [0.1, 0.15) is 10.3 Å². The van der Waals surface area contributed by atoms with Crippen LogP contribution in [0.3, 0.4) is 0 Å². The summed E-state index contributed by atoms with van der Waals surface area (Å²) in [5.74, 6) is 0.0708. The van der Waals surface area contributed by atoms with Crippen molar-refractivity contribution in [2.24, 2.45) is 0 Å². The zero-order chi connectivity index (χ0) is 17.2. The summed E-state index contributed by atoms with van der Waals surface area (Å²) >= 11 is 2.97. The topological polar surface area (TPSA) is 58.6 Å². The lowest BCUT2D eigenvalue weighted by molar-refractivity contribution is 0.0991. The highest BCUT2D eigenvalue weighted by molar-refractivity contribution is 8.01. The number of rotatable bonds is 5. The van der Waals surface area contributed by atoms with Crippen LogP contribution >= 0.6 is 23.1 Å². The molecule has 124 valence electrons. The third-order valence-corrected chi connectivity index (χ3v) is 6.10. The van der Waals surface area contributed by atoms with Gasteiger partial charge in [-0.2, -0.15) is 0 Å². The molecule has 4 aromatic rings. The number of para-hydroxylation sites is 1. The molecule has 0 aliphatic heterocycles. The summed E-state index contributed by atoms with van der Waals surface area (Å²) in [6.07, 6.45) is 1.80. The van der Waals surface area contributed by atoms with Crippen LogP contribution in [0.15, 0.2) is 65.1 Å². The Balaban J connectivity index is 1.75. The maximum absolute atomic E-state index is 13.3. The van der Waals surface area contributed by atoms with E-state index in [2.05, 4.69) is 15.2 Å². The standard InChI is InChI=1S/C19H15N3OS2/c1-12-21-22-19(24-12)25-18(13-7-3-2-4-8-13)17(23)15-11-20-16-10-6-5-9-14(15)16/h2-11,18,20H,1H3/t18-/m1/s1. The third kappa shape index (κ3) is 3.23. The van der Waals surface area contributed by atoms with Gasteiger partial charge in [0.15, 0.2) is 10.1 Å². The van der Waals surface area contributed by atoms with Gasteiger partial charge in [-0.1, -0.05) is 71.6 Å². The Hall–Kier alpha value is -2.44. The lowest BCUT2D eigenvalue weighted by atomic mass is 10.0. The van der Waals surface area contributed by atoms with Crippen LogP contribution in [0.4, 0.5) is 0 Å². The van der Waals surface area contributed by atoms with E-state index in [1.54, 1.807) is 6.20 Å². The first-order chi connectivity index (χ1) is 12.2. The fourth-order valence-electron chi connectivity index (χ4n) is 2.74. The Morgan fingerprint density at radius 2 is 1.84 bits per heavy atom. The molecule has 0 aliphatic carbocycles. The van der Waals surface area contributed by atoms with Crippen molar-refractivity contribution in [3.8, 4) is 0 Å². The second kappa shape index (κ2) is 6.82. The van der Waals surface area contributed by atoms with E-state index in [-0.39, 0.29) is 11.0 Å². The number of hydrogen-bond acceptors (Lipinski definition) is 5. The highest BCUT2D eigenvalue weighted by Crippen LogP contribution is 2.39. The van der Waals surface area contributed by atoms with Crippen molar-refractivity contribution in [2.45, 2.75) is 16.5 Å². The van der Waals surface area contributed by atoms with E-state index in [9.17, 15) is 4.79 Å². The van der Waals surface area contributed by atoms with Gasteiger partial charge in [-0.05, 0) is 18.6 Å². The molecule has 0 fully saturated rings. The van der Waals surface area contributed by atoms with Gasteiger partial charge in [0, 0.05) is 22.7 Å². The van der Waals surface area contributed by atoms with Crippen molar-refractivity contribution in [1.29, 1.82) is 0 Å². The van der Waals surface area contributed by atoms with E-state index < -0.39 is 0 Å². The number of aromatic nitrogens is 3. The number of H-pyrrole nitrogens is 1. The molecule has 1 N–H and O–H groups in total. The summed E-state index contributed by atoms with van der Waals surface area (Å²) in [4.78, 5) is 16.5. The lowest BCUT2D eigenvalue weighted by Crippen LogP contribution is -2.09. The molecule has 0 spiro atoms. The quantitative estimate of drug-likeness (QED) is 0.397. The molecule has 0 radical (unpaired) electrons. The van der Waals surface area contributed by atoms with Gasteiger partial charge in [0.2, 0.25) is 0 Å². The molecule has 1 atom stereocenters. The van der Waals surface area contributed by atoms with Crippen LogP contribution in [0, 0.1) is 6.92 Å². The predicted octanol–water partition coefficient (Wildman–Crippen LogP) is 5.04. The van der Waals surface area contributed by atoms with Crippen molar-refractivity contribution >= 4 is 39.8 Å². The molecule has 2 aromatic carbocycles. The average Bonchev–Trinajstić information content (AvgIpc) is 3.26. The monoisotopic (exact) mass is 365 g/mol. The molecular formula is C19H15N3OS2. The Morgan fingerprint density at radius 1 is 1.08 bits per heavy atom. The maximum atomic E-state index is 13.3. The summed E-state index contributed by atoms with van der Waals surface area (Å²) in [5, 5.41) is 9.73. The van der Waals surface area contributed by atoms with Crippen molar-refractivity contribution < 1.29 is 4.79 Å². The van der Waals surface area contributed by atoms with E-state index in [4.69, 9.17) is 0 Å². The van der Waals surface area contributed by atoms with Crippen molar-refractivity contribution in [3.63, 3.8) is 0 Å². The number of nitrogens with zero attached hydrogens (tertiary/aromatic N) is 2. The summed E-state index contributed by atoms with van der Waals surface area (Å²) in [6, 6.07) is 17.7. The van der Waals surface area contributed by atoms with Crippen LogP contribution in [0.25, 0.3) is 10.9 Å². The highest BCUT2D eigenvalue weighted by Gasteiger charge is 2.26. The first-order valence-electron chi connectivity index (χ1n) is 7.84. The number of Topliss-reactive ketones (excluding diaryl/α,β-unsaturated/α-hetero) is 1. The first-order valence-corrected chi connectivity index (χ1v) is 9.54. The molecule has 0 saturated heterocycles. The minimum Gasteiger partial charge on any atom is -0.360 e. The summed E-state index contributed by atoms with van der Waals surface area (Å²) in [6.45, 7) is 1.92. The van der Waals surface area contributed by atoms with E-state index in [0.29, 0.717) is 5.56 Å². The van der Waals surface area contributed by atoms with E-state index in [1.807, 2.05) is 61.5 Å². The largest absolute Gasteiger partial charge is 0.360 e. The van der Waals surface area contributed by atoms with Gasteiger partial charge < -0.3 is 4.98 Å². The van der Waals surface area contributed by atoms with E-state index in [1.165, 1.54) is 23.1 Å². The highest BCUT2D eigenvalue weighted by atomic mass is 32.2. The van der Waals surface area contributed by atoms with Crippen molar-refractivity contribution in [2.75, 3.05) is 0 Å². The van der Waals surface area contributed by atoms with Crippen LogP contribution in [0.1, 0.15) is 26.2 Å². The number of aryl methyl sites for hydroxylation is 1. The number of nitrogens with one attached hydrogen (secondary N) is 1. The number of aromatic amines is 1. The lowest BCUT2D eigenvalue weighted by Gasteiger charge is -2.14. The Kier molecular flexibility index (Phi) is 4.38. The number of hydrogen-bond donors (Lipinski definition) is 1. The van der Waals surface area contributed by atoms with Gasteiger partial charge in [0.25, 0.3) is 0 Å². The van der Waals surface area contributed by atoms with E-state index in [0.717, 1.165) is 25.8 Å². The molecule has 6 heteroatoms.